The highest BCUT2D eigenvalue weighted by Gasteiger charge is 2.38. The number of rotatable bonds is 2. The van der Waals surface area contributed by atoms with E-state index in [0.29, 0.717) is 18.1 Å². The van der Waals surface area contributed by atoms with E-state index in [1.807, 2.05) is 6.08 Å². The third-order valence-corrected chi connectivity index (χ3v) is 1.45. The zero-order valence-corrected chi connectivity index (χ0v) is 5.42. The minimum atomic E-state index is 0.356. The minimum absolute atomic E-state index is 0.356. The summed E-state index contributed by atoms with van der Waals surface area (Å²) >= 11 is 0. The monoisotopic (exact) mass is 112 g/mol. The molecule has 0 saturated carbocycles. The molecule has 1 aliphatic rings. The number of ether oxygens (including phenoxy) is 1. The van der Waals surface area contributed by atoms with E-state index in [9.17, 15) is 0 Å². The largest absolute Gasteiger partial charge is 0.365 e. The molecule has 0 aromatic carbocycles. The first-order chi connectivity index (χ1) is 3.75. The predicted octanol–water partition coefficient (Wildman–Crippen LogP) is 1.60. The van der Waals surface area contributed by atoms with Crippen molar-refractivity contribution >= 4 is 0 Å². The van der Waals surface area contributed by atoms with Gasteiger partial charge in [-0.2, -0.15) is 0 Å². The summed E-state index contributed by atoms with van der Waals surface area (Å²) in [6.07, 6.45) is 2.69. The van der Waals surface area contributed by atoms with Gasteiger partial charge in [0.25, 0.3) is 0 Å². The third kappa shape index (κ3) is 0.920. The summed E-state index contributed by atoms with van der Waals surface area (Å²) in [5.74, 6) is 0.651. The molecule has 1 saturated heterocycles. The quantitative estimate of drug-likeness (QED) is 0.390. The molecule has 0 amide bonds. The zero-order chi connectivity index (χ0) is 6.15. The summed E-state index contributed by atoms with van der Waals surface area (Å²) in [6, 6.07) is 0. The van der Waals surface area contributed by atoms with Gasteiger partial charge in [-0.1, -0.05) is 19.9 Å². The molecule has 2 atom stereocenters. The van der Waals surface area contributed by atoms with Crippen molar-refractivity contribution in [3.63, 3.8) is 0 Å². The van der Waals surface area contributed by atoms with Crippen LogP contribution >= 0.6 is 0 Å². The molecule has 1 nitrogen and oxygen atoms in total. The first kappa shape index (κ1) is 5.83. The normalized spacial score (nSPS) is 35.4. The molecule has 1 fully saturated rings. The number of hydrogen-bond acceptors (Lipinski definition) is 1. The van der Waals surface area contributed by atoms with E-state index in [2.05, 4.69) is 20.4 Å². The maximum Gasteiger partial charge on any atom is 0.102 e. The fourth-order valence-electron chi connectivity index (χ4n) is 0.862. The van der Waals surface area contributed by atoms with Gasteiger partial charge in [-0.15, -0.1) is 6.58 Å². The van der Waals surface area contributed by atoms with Crippen LogP contribution in [0.15, 0.2) is 12.7 Å². The first-order valence-electron chi connectivity index (χ1n) is 3.03. The van der Waals surface area contributed by atoms with Crippen molar-refractivity contribution in [2.75, 3.05) is 0 Å². The molecule has 1 rings (SSSR count). The van der Waals surface area contributed by atoms with E-state index in [0.717, 1.165) is 0 Å². The van der Waals surface area contributed by atoms with Gasteiger partial charge in [-0.05, 0) is 5.92 Å². The summed E-state index contributed by atoms with van der Waals surface area (Å²) < 4.78 is 5.21. The lowest BCUT2D eigenvalue weighted by Crippen LogP contribution is -1.99. The van der Waals surface area contributed by atoms with Crippen molar-refractivity contribution < 1.29 is 4.74 Å². The molecule has 0 radical (unpaired) electrons. The Kier molecular flexibility index (Phi) is 1.39. The molecule has 1 aliphatic heterocycles. The second-order valence-corrected chi connectivity index (χ2v) is 2.55. The van der Waals surface area contributed by atoms with Gasteiger partial charge in [0.1, 0.15) is 6.10 Å². The van der Waals surface area contributed by atoms with Gasteiger partial charge in [0.05, 0.1) is 6.10 Å². The van der Waals surface area contributed by atoms with Crippen molar-refractivity contribution in [2.45, 2.75) is 26.1 Å². The van der Waals surface area contributed by atoms with Crippen molar-refractivity contribution in [3.8, 4) is 0 Å². The Morgan fingerprint density at radius 3 is 2.38 bits per heavy atom. The lowest BCUT2D eigenvalue weighted by molar-refractivity contribution is 0.345. The molecule has 46 valence electrons. The average molecular weight is 112 g/mol. The summed E-state index contributed by atoms with van der Waals surface area (Å²) in [5, 5.41) is 0. The molecule has 0 unspecified atom stereocenters. The van der Waals surface area contributed by atoms with Crippen LogP contribution in [0.4, 0.5) is 0 Å². The Balaban J connectivity index is 2.26. The van der Waals surface area contributed by atoms with Crippen LogP contribution in [0.5, 0.6) is 0 Å². The zero-order valence-electron chi connectivity index (χ0n) is 5.42. The summed E-state index contributed by atoms with van der Waals surface area (Å²) in [7, 11) is 0. The molecule has 0 aromatic rings. The molecular formula is C7H12O. The van der Waals surface area contributed by atoms with Crippen molar-refractivity contribution in [1.29, 1.82) is 0 Å². The Labute approximate surface area is 50.3 Å². The van der Waals surface area contributed by atoms with E-state index in [1.54, 1.807) is 0 Å². The van der Waals surface area contributed by atoms with Gasteiger partial charge in [-0.25, -0.2) is 0 Å². The highest BCUT2D eigenvalue weighted by Crippen LogP contribution is 2.29. The molecule has 0 aliphatic carbocycles. The highest BCUT2D eigenvalue weighted by molar-refractivity contribution is 4.99. The van der Waals surface area contributed by atoms with E-state index in [4.69, 9.17) is 4.74 Å². The van der Waals surface area contributed by atoms with Gasteiger partial charge < -0.3 is 4.74 Å². The van der Waals surface area contributed by atoms with Crippen LogP contribution in [0.2, 0.25) is 0 Å². The van der Waals surface area contributed by atoms with Crippen LogP contribution in [0.3, 0.4) is 0 Å². The summed E-state index contributed by atoms with van der Waals surface area (Å²) in [6.45, 7) is 7.95. The van der Waals surface area contributed by atoms with Crippen LogP contribution in [0.25, 0.3) is 0 Å². The molecule has 1 heteroatoms. The molecule has 0 N–H and O–H groups in total. The van der Waals surface area contributed by atoms with E-state index in [-0.39, 0.29) is 0 Å². The Morgan fingerprint density at radius 2 is 2.25 bits per heavy atom. The van der Waals surface area contributed by atoms with Gasteiger partial charge in [0, 0.05) is 0 Å². The van der Waals surface area contributed by atoms with Crippen LogP contribution in [-0.2, 0) is 4.74 Å². The standard InChI is InChI=1S/C7H12O/c1-4-6-7(8-6)5(2)3/h4-7H,1H2,2-3H3/t6-,7+/m1/s1. The lowest BCUT2D eigenvalue weighted by atomic mass is 10.1. The van der Waals surface area contributed by atoms with Gasteiger partial charge >= 0.3 is 0 Å². The van der Waals surface area contributed by atoms with E-state index >= 15 is 0 Å². The second-order valence-electron chi connectivity index (χ2n) is 2.55. The average Bonchev–Trinajstić information content (AvgIpc) is 2.42. The highest BCUT2D eigenvalue weighted by atomic mass is 16.6. The minimum Gasteiger partial charge on any atom is -0.365 e. The van der Waals surface area contributed by atoms with E-state index in [1.165, 1.54) is 0 Å². The van der Waals surface area contributed by atoms with Crippen molar-refractivity contribution in [3.05, 3.63) is 12.7 Å². The van der Waals surface area contributed by atoms with Crippen LogP contribution in [0, 0.1) is 5.92 Å². The lowest BCUT2D eigenvalue weighted by Gasteiger charge is -1.92. The SMILES string of the molecule is C=C[C@H]1O[C@H]1C(C)C. The second kappa shape index (κ2) is 1.90. The summed E-state index contributed by atoms with van der Waals surface area (Å²) in [4.78, 5) is 0. The van der Waals surface area contributed by atoms with Crippen molar-refractivity contribution in [1.82, 2.24) is 0 Å². The molecule has 0 aromatic heterocycles. The Morgan fingerprint density at radius 1 is 1.62 bits per heavy atom. The van der Waals surface area contributed by atoms with Crippen LogP contribution in [0.1, 0.15) is 13.8 Å². The van der Waals surface area contributed by atoms with Gasteiger partial charge in [0.2, 0.25) is 0 Å². The molecule has 0 spiro atoms. The summed E-state index contributed by atoms with van der Waals surface area (Å²) in [5.41, 5.74) is 0. The topological polar surface area (TPSA) is 12.5 Å². The molecule has 1 heterocycles. The first-order valence-corrected chi connectivity index (χ1v) is 3.03. The smallest absolute Gasteiger partial charge is 0.102 e. The number of hydrogen-bond donors (Lipinski definition) is 0. The van der Waals surface area contributed by atoms with Gasteiger partial charge in [0.15, 0.2) is 0 Å². The van der Waals surface area contributed by atoms with Crippen LogP contribution in [-0.4, -0.2) is 12.2 Å². The van der Waals surface area contributed by atoms with E-state index < -0.39 is 0 Å². The fraction of sp³-hybridized carbons (Fsp3) is 0.714. The predicted molar refractivity (Wildman–Crippen MR) is 33.7 cm³/mol. The molecule has 0 bridgehead atoms. The third-order valence-electron chi connectivity index (χ3n) is 1.45. The molecule has 8 heavy (non-hydrogen) atoms. The van der Waals surface area contributed by atoms with Crippen molar-refractivity contribution in [2.24, 2.45) is 5.92 Å². The maximum absolute atomic E-state index is 5.21. The Bertz CT molecular complexity index is 96.6. The Hall–Kier alpha value is -0.300. The number of epoxide rings is 1. The van der Waals surface area contributed by atoms with Gasteiger partial charge in [-0.3, -0.25) is 0 Å². The maximum atomic E-state index is 5.21. The van der Waals surface area contributed by atoms with Crippen LogP contribution < -0.4 is 0 Å². The molecular weight excluding hydrogens is 100 g/mol. The fourth-order valence-corrected chi connectivity index (χ4v) is 0.862.